The lowest BCUT2D eigenvalue weighted by Gasteiger charge is -2.31. The topological polar surface area (TPSA) is 58.6 Å². The first-order chi connectivity index (χ1) is 14.8. The molecule has 0 bridgehead atoms. The summed E-state index contributed by atoms with van der Waals surface area (Å²) in [4.78, 5) is 28.0. The zero-order valence-corrected chi connectivity index (χ0v) is 20.0. The van der Waals surface area contributed by atoms with Crippen LogP contribution >= 0.6 is 23.2 Å². The molecule has 7 heteroatoms. The number of halogens is 2. The summed E-state index contributed by atoms with van der Waals surface area (Å²) in [6.45, 7) is 6.77. The maximum atomic E-state index is 13.4. The van der Waals surface area contributed by atoms with E-state index >= 15 is 0 Å². The Labute approximate surface area is 194 Å². The molecule has 0 aliphatic heterocycles. The molecule has 168 valence electrons. The molecule has 0 aliphatic rings. The third-order valence-electron chi connectivity index (χ3n) is 4.95. The number of nitrogens with one attached hydrogen (secondary N) is 1. The predicted octanol–water partition coefficient (Wildman–Crippen LogP) is 5.12. The third kappa shape index (κ3) is 7.15. The first kappa shape index (κ1) is 25.0. The van der Waals surface area contributed by atoms with Gasteiger partial charge in [-0.25, -0.2) is 0 Å². The van der Waals surface area contributed by atoms with Gasteiger partial charge < -0.3 is 15.0 Å². The molecule has 1 unspecified atom stereocenters. The number of nitrogens with zero attached hydrogens (tertiary/aromatic N) is 1. The van der Waals surface area contributed by atoms with Gasteiger partial charge in [-0.2, -0.15) is 0 Å². The zero-order valence-electron chi connectivity index (χ0n) is 18.5. The van der Waals surface area contributed by atoms with Crippen LogP contribution in [-0.2, 0) is 22.6 Å². The van der Waals surface area contributed by atoms with Gasteiger partial charge in [-0.05, 0) is 47.7 Å². The van der Waals surface area contributed by atoms with Gasteiger partial charge in [-0.3, -0.25) is 9.59 Å². The van der Waals surface area contributed by atoms with Gasteiger partial charge in [0.05, 0.1) is 13.5 Å². The highest BCUT2D eigenvalue weighted by Crippen LogP contribution is 2.26. The van der Waals surface area contributed by atoms with E-state index in [2.05, 4.69) is 5.32 Å². The highest BCUT2D eigenvalue weighted by atomic mass is 35.5. The number of amides is 2. The summed E-state index contributed by atoms with van der Waals surface area (Å²) in [5, 5.41) is 3.81. The number of benzene rings is 2. The molecule has 0 fully saturated rings. The predicted molar refractivity (Wildman–Crippen MR) is 126 cm³/mol. The van der Waals surface area contributed by atoms with Crippen molar-refractivity contribution in [1.29, 1.82) is 0 Å². The molecule has 1 atom stereocenters. The maximum absolute atomic E-state index is 13.4. The molecular weight excluding hydrogens is 435 g/mol. The molecule has 0 heterocycles. The van der Waals surface area contributed by atoms with Crippen molar-refractivity contribution in [3.63, 3.8) is 0 Å². The van der Waals surface area contributed by atoms with E-state index in [9.17, 15) is 9.59 Å². The van der Waals surface area contributed by atoms with Gasteiger partial charge in [0, 0.05) is 23.1 Å². The Morgan fingerprint density at radius 1 is 1.10 bits per heavy atom. The van der Waals surface area contributed by atoms with Crippen molar-refractivity contribution >= 4 is 35.0 Å². The van der Waals surface area contributed by atoms with Crippen molar-refractivity contribution in [1.82, 2.24) is 10.2 Å². The zero-order chi connectivity index (χ0) is 23.0. The van der Waals surface area contributed by atoms with Gasteiger partial charge in [-0.15, -0.1) is 0 Å². The number of methoxy groups -OCH3 is 1. The standard InChI is InChI=1S/C24H30Cl2N2O3/c1-5-22(24(30)27-14-16(2)3)28(15-17-8-6-9-18(12-17)31-4)23(29)13-19-20(25)10-7-11-21(19)26/h6-12,16,22H,5,13-15H2,1-4H3,(H,27,30). The molecule has 0 aliphatic carbocycles. The smallest absolute Gasteiger partial charge is 0.242 e. The van der Waals surface area contributed by atoms with E-state index in [4.69, 9.17) is 27.9 Å². The average Bonchev–Trinajstić information content (AvgIpc) is 2.74. The average molecular weight is 465 g/mol. The highest BCUT2D eigenvalue weighted by Gasteiger charge is 2.29. The Hall–Kier alpha value is -2.24. The lowest BCUT2D eigenvalue weighted by Crippen LogP contribution is -2.50. The number of carbonyl (C=O) groups excluding carboxylic acids is 2. The van der Waals surface area contributed by atoms with Crippen LogP contribution in [0.4, 0.5) is 0 Å². The summed E-state index contributed by atoms with van der Waals surface area (Å²) < 4.78 is 5.31. The van der Waals surface area contributed by atoms with E-state index < -0.39 is 6.04 Å². The van der Waals surface area contributed by atoms with Crippen molar-refractivity contribution in [2.45, 2.75) is 46.2 Å². The maximum Gasteiger partial charge on any atom is 0.242 e. The fourth-order valence-corrected chi connectivity index (χ4v) is 3.79. The molecule has 0 spiro atoms. The van der Waals surface area contributed by atoms with Gasteiger partial charge in [0.1, 0.15) is 11.8 Å². The first-order valence-electron chi connectivity index (χ1n) is 10.4. The Morgan fingerprint density at radius 2 is 1.74 bits per heavy atom. The van der Waals surface area contributed by atoms with Gasteiger partial charge in [0.25, 0.3) is 0 Å². The van der Waals surface area contributed by atoms with Crippen LogP contribution in [0.5, 0.6) is 5.75 Å². The van der Waals surface area contributed by atoms with E-state index in [1.165, 1.54) is 0 Å². The lowest BCUT2D eigenvalue weighted by atomic mass is 10.1. The van der Waals surface area contributed by atoms with E-state index in [0.29, 0.717) is 40.2 Å². The van der Waals surface area contributed by atoms with Crippen LogP contribution in [0.25, 0.3) is 0 Å². The van der Waals surface area contributed by atoms with Crippen molar-refractivity contribution in [3.05, 3.63) is 63.6 Å². The van der Waals surface area contributed by atoms with E-state index in [1.54, 1.807) is 30.2 Å². The number of rotatable bonds is 10. The molecule has 1 N–H and O–H groups in total. The van der Waals surface area contributed by atoms with Crippen LogP contribution in [-0.4, -0.2) is 36.4 Å². The quantitative estimate of drug-likeness (QED) is 0.530. The largest absolute Gasteiger partial charge is 0.497 e. The Kier molecular flexibility index (Phi) is 9.66. The second kappa shape index (κ2) is 12.0. The van der Waals surface area contributed by atoms with Crippen molar-refractivity contribution in [2.75, 3.05) is 13.7 Å². The Balaban J connectivity index is 2.35. The van der Waals surface area contributed by atoms with Crippen LogP contribution in [0.3, 0.4) is 0 Å². The third-order valence-corrected chi connectivity index (χ3v) is 5.66. The number of ether oxygens (including phenoxy) is 1. The van der Waals surface area contributed by atoms with Crippen LogP contribution in [0, 0.1) is 5.92 Å². The van der Waals surface area contributed by atoms with Gasteiger partial charge >= 0.3 is 0 Å². The first-order valence-corrected chi connectivity index (χ1v) is 11.1. The summed E-state index contributed by atoms with van der Waals surface area (Å²) >= 11 is 12.6. The summed E-state index contributed by atoms with van der Waals surface area (Å²) in [5.41, 5.74) is 1.43. The molecule has 0 radical (unpaired) electrons. The van der Waals surface area contributed by atoms with Crippen molar-refractivity contribution < 1.29 is 14.3 Å². The Bertz CT molecular complexity index is 882. The molecule has 5 nitrogen and oxygen atoms in total. The fourth-order valence-electron chi connectivity index (χ4n) is 3.26. The second-order valence-electron chi connectivity index (χ2n) is 7.81. The van der Waals surface area contributed by atoms with Gasteiger partial charge in [-0.1, -0.05) is 62.2 Å². The van der Waals surface area contributed by atoms with E-state index in [1.807, 2.05) is 45.0 Å². The summed E-state index contributed by atoms with van der Waals surface area (Å²) in [5.74, 6) is 0.615. The lowest BCUT2D eigenvalue weighted by molar-refractivity contribution is -0.141. The molecule has 2 amide bonds. The molecule has 0 saturated heterocycles. The van der Waals surface area contributed by atoms with Crippen LogP contribution < -0.4 is 10.1 Å². The van der Waals surface area contributed by atoms with E-state index in [0.717, 1.165) is 5.56 Å². The van der Waals surface area contributed by atoms with Gasteiger partial charge in [0.2, 0.25) is 11.8 Å². The molecule has 2 aromatic carbocycles. The minimum Gasteiger partial charge on any atom is -0.497 e. The minimum absolute atomic E-state index is 0.0104. The minimum atomic E-state index is -0.612. The molecular formula is C24H30Cl2N2O3. The number of carbonyl (C=O) groups is 2. The second-order valence-corrected chi connectivity index (χ2v) is 8.63. The molecule has 2 aromatic rings. The molecule has 0 saturated carbocycles. The number of hydrogen-bond donors (Lipinski definition) is 1. The summed E-state index contributed by atoms with van der Waals surface area (Å²) in [7, 11) is 1.59. The molecule has 2 rings (SSSR count). The highest BCUT2D eigenvalue weighted by molar-refractivity contribution is 6.36. The SMILES string of the molecule is CCC(C(=O)NCC(C)C)N(Cc1cccc(OC)c1)C(=O)Cc1c(Cl)cccc1Cl. The summed E-state index contributed by atoms with van der Waals surface area (Å²) in [6, 6.07) is 12.0. The molecule has 0 aromatic heterocycles. The van der Waals surface area contributed by atoms with Crippen molar-refractivity contribution in [2.24, 2.45) is 5.92 Å². The number of hydrogen-bond acceptors (Lipinski definition) is 3. The van der Waals surface area contributed by atoms with E-state index in [-0.39, 0.29) is 24.8 Å². The normalized spacial score (nSPS) is 11.8. The van der Waals surface area contributed by atoms with Crippen LogP contribution in [0.1, 0.15) is 38.3 Å². The van der Waals surface area contributed by atoms with Gasteiger partial charge in [0.15, 0.2) is 0 Å². The van der Waals surface area contributed by atoms with Crippen LogP contribution in [0.2, 0.25) is 10.0 Å². The van der Waals surface area contributed by atoms with Crippen molar-refractivity contribution in [3.8, 4) is 5.75 Å². The Morgan fingerprint density at radius 3 is 2.32 bits per heavy atom. The fraction of sp³-hybridized carbons (Fsp3) is 0.417. The van der Waals surface area contributed by atoms with Crippen LogP contribution in [0.15, 0.2) is 42.5 Å². The monoisotopic (exact) mass is 464 g/mol. The molecule has 31 heavy (non-hydrogen) atoms. The summed E-state index contributed by atoms with van der Waals surface area (Å²) in [6.07, 6.45) is 0.492.